The summed E-state index contributed by atoms with van der Waals surface area (Å²) in [5, 5.41) is 11.5. The van der Waals surface area contributed by atoms with E-state index in [1.165, 1.54) is 0 Å². The van der Waals surface area contributed by atoms with Gasteiger partial charge in [-0.1, -0.05) is 6.92 Å². The van der Waals surface area contributed by atoms with Crippen LogP contribution in [0.25, 0.3) is 5.65 Å². The van der Waals surface area contributed by atoms with E-state index in [4.69, 9.17) is 4.74 Å². The summed E-state index contributed by atoms with van der Waals surface area (Å²) >= 11 is 0. The highest BCUT2D eigenvalue weighted by Crippen LogP contribution is 2.28. The lowest BCUT2D eigenvalue weighted by Gasteiger charge is -2.40. The summed E-state index contributed by atoms with van der Waals surface area (Å²) < 4.78 is 10.0. The number of aromatic nitrogens is 6. The normalized spacial score (nSPS) is 21.3. The third kappa shape index (κ3) is 3.04. The SMILES string of the molecule is CCN1CCO[C@@H](CNc2cc3nncn3c(C)n2)[C@@H]1c1nccn1C. The van der Waals surface area contributed by atoms with Gasteiger partial charge in [0, 0.05) is 38.6 Å². The van der Waals surface area contributed by atoms with E-state index < -0.39 is 0 Å². The van der Waals surface area contributed by atoms with Crippen LogP contribution in [0.2, 0.25) is 0 Å². The van der Waals surface area contributed by atoms with Gasteiger partial charge in [0.05, 0.1) is 18.8 Å². The molecule has 0 bridgehead atoms. The molecular weight excluding hydrogens is 332 g/mol. The van der Waals surface area contributed by atoms with Crippen LogP contribution in [-0.2, 0) is 11.8 Å². The van der Waals surface area contributed by atoms with E-state index in [9.17, 15) is 0 Å². The summed E-state index contributed by atoms with van der Waals surface area (Å²) in [6.07, 6.45) is 5.47. The largest absolute Gasteiger partial charge is 0.373 e. The van der Waals surface area contributed by atoms with E-state index in [2.05, 4.69) is 41.9 Å². The molecule has 0 aliphatic carbocycles. The van der Waals surface area contributed by atoms with Crippen molar-refractivity contribution in [2.24, 2.45) is 7.05 Å². The number of nitrogens with zero attached hydrogens (tertiary/aromatic N) is 7. The molecule has 2 atom stereocenters. The summed E-state index contributed by atoms with van der Waals surface area (Å²) in [5.74, 6) is 2.64. The number of rotatable bonds is 5. The molecule has 0 radical (unpaired) electrons. The van der Waals surface area contributed by atoms with E-state index in [1.54, 1.807) is 6.33 Å². The molecule has 1 aliphatic heterocycles. The molecule has 0 amide bonds. The highest BCUT2D eigenvalue weighted by atomic mass is 16.5. The van der Waals surface area contributed by atoms with E-state index in [0.29, 0.717) is 6.54 Å². The Hall–Kier alpha value is -2.52. The first kappa shape index (κ1) is 16.9. The van der Waals surface area contributed by atoms with Gasteiger partial charge in [-0.2, -0.15) is 0 Å². The van der Waals surface area contributed by atoms with Crippen LogP contribution < -0.4 is 5.32 Å². The summed E-state index contributed by atoms with van der Waals surface area (Å²) in [5.41, 5.74) is 0.778. The predicted molar refractivity (Wildman–Crippen MR) is 96.9 cm³/mol. The summed E-state index contributed by atoms with van der Waals surface area (Å²) in [7, 11) is 2.03. The number of morpholine rings is 1. The number of nitrogens with one attached hydrogen (secondary N) is 1. The Morgan fingerprint density at radius 3 is 3.04 bits per heavy atom. The van der Waals surface area contributed by atoms with E-state index >= 15 is 0 Å². The topological polar surface area (TPSA) is 85.4 Å². The van der Waals surface area contributed by atoms with Crippen LogP contribution in [0, 0.1) is 6.92 Å². The minimum Gasteiger partial charge on any atom is -0.373 e. The molecule has 4 heterocycles. The number of anilines is 1. The van der Waals surface area contributed by atoms with Crippen LogP contribution in [0.1, 0.15) is 24.6 Å². The lowest BCUT2D eigenvalue weighted by atomic mass is 10.1. The van der Waals surface area contributed by atoms with Crippen molar-refractivity contribution in [3.8, 4) is 0 Å². The second-order valence-corrected chi connectivity index (χ2v) is 6.51. The minimum atomic E-state index is -0.0130. The van der Waals surface area contributed by atoms with Crippen molar-refractivity contribution in [3.05, 3.63) is 36.4 Å². The molecule has 0 spiro atoms. The highest BCUT2D eigenvalue weighted by molar-refractivity contribution is 5.49. The zero-order valence-corrected chi connectivity index (χ0v) is 15.3. The zero-order valence-electron chi connectivity index (χ0n) is 15.3. The van der Waals surface area contributed by atoms with Gasteiger partial charge in [-0.3, -0.25) is 9.30 Å². The van der Waals surface area contributed by atoms with Gasteiger partial charge >= 0.3 is 0 Å². The molecule has 9 nitrogen and oxygen atoms in total. The van der Waals surface area contributed by atoms with Crippen LogP contribution in [0.5, 0.6) is 0 Å². The molecule has 0 unspecified atom stereocenters. The van der Waals surface area contributed by atoms with Crippen LogP contribution >= 0.6 is 0 Å². The molecule has 26 heavy (non-hydrogen) atoms. The number of aryl methyl sites for hydroxylation is 2. The van der Waals surface area contributed by atoms with Gasteiger partial charge in [-0.15, -0.1) is 10.2 Å². The van der Waals surface area contributed by atoms with Crippen LogP contribution in [-0.4, -0.2) is 66.4 Å². The summed E-state index contributed by atoms with van der Waals surface area (Å²) in [6, 6.07) is 2.01. The number of imidazole rings is 1. The van der Waals surface area contributed by atoms with Crippen LogP contribution in [0.3, 0.4) is 0 Å². The van der Waals surface area contributed by atoms with Crippen molar-refractivity contribution in [1.82, 2.24) is 34.0 Å². The molecule has 3 aromatic heterocycles. The van der Waals surface area contributed by atoms with Crippen molar-refractivity contribution in [2.75, 3.05) is 31.6 Å². The van der Waals surface area contributed by atoms with Crippen molar-refractivity contribution >= 4 is 11.5 Å². The summed E-state index contributed by atoms with van der Waals surface area (Å²) in [4.78, 5) is 11.6. The minimum absolute atomic E-state index is 0.0130. The molecule has 1 N–H and O–H groups in total. The van der Waals surface area contributed by atoms with Gasteiger partial charge in [0.25, 0.3) is 0 Å². The van der Waals surface area contributed by atoms with Crippen molar-refractivity contribution in [1.29, 1.82) is 0 Å². The molecule has 1 fully saturated rings. The van der Waals surface area contributed by atoms with Crippen LogP contribution in [0.4, 0.5) is 5.82 Å². The Morgan fingerprint density at radius 2 is 2.27 bits per heavy atom. The maximum Gasteiger partial charge on any atom is 0.165 e. The van der Waals surface area contributed by atoms with Gasteiger partial charge < -0.3 is 14.6 Å². The monoisotopic (exact) mass is 356 g/mol. The molecule has 3 aromatic rings. The Bertz CT molecular complexity index is 888. The quantitative estimate of drug-likeness (QED) is 0.731. The Kier molecular flexibility index (Phi) is 4.56. The van der Waals surface area contributed by atoms with Crippen molar-refractivity contribution < 1.29 is 4.74 Å². The molecule has 1 aliphatic rings. The maximum atomic E-state index is 6.11. The van der Waals surface area contributed by atoms with Gasteiger partial charge in [0.2, 0.25) is 0 Å². The third-order valence-electron chi connectivity index (χ3n) is 4.94. The predicted octanol–water partition coefficient (Wildman–Crippen LogP) is 1.04. The number of hydrogen-bond acceptors (Lipinski definition) is 7. The highest BCUT2D eigenvalue weighted by Gasteiger charge is 2.35. The summed E-state index contributed by atoms with van der Waals surface area (Å²) in [6.45, 7) is 7.35. The first-order chi connectivity index (χ1) is 12.7. The Balaban J connectivity index is 1.55. The van der Waals surface area contributed by atoms with Gasteiger partial charge in [0.1, 0.15) is 23.8 Å². The molecule has 9 heteroatoms. The second kappa shape index (κ2) is 7.00. The number of hydrogen-bond donors (Lipinski definition) is 1. The molecule has 4 rings (SSSR count). The molecule has 0 saturated carbocycles. The molecule has 138 valence electrons. The van der Waals surface area contributed by atoms with Crippen molar-refractivity contribution in [2.45, 2.75) is 26.0 Å². The average molecular weight is 356 g/mol. The number of ether oxygens (including phenoxy) is 1. The number of likely N-dealkylation sites (N-methyl/N-ethyl adjacent to an activating group) is 1. The third-order valence-corrected chi connectivity index (χ3v) is 4.94. The van der Waals surface area contributed by atoms with Gasteiger partial charge in [-0.05, 0) is 13.5 Å². The van der Waals surface area contributed by atoms with E-state index in [-0.39, 0.29) is 12.1 Å². The first-order valence-electron chi connectivity index (χ1n) is 8.91. The Morgan fingerprint density at radius 1 is 1.38 bits per heavy atom. The fourth-order valence-electron chi connectivity index (χ4n) is 3.57. The van der Waals surface area contributed by atoms with E-state index in [1.807, 2.05) is 36.8 Å². The fraction of sp³-hybridized carbons (Fsp3) is 0.529. The van der Waals surface area contributed by atoms with Gasteiger partial charge in [0.15, 0.2) is 5.65 Å². The standard InChI is InChI=1S/C17H24N8O/c1-4-24-7-8-26-13(16(24)17-18-5-6-23(17)3)10-19-14-9-15-22-20-11-25(15)12(2)21-14/h5-6,9,11,13,16,19H,4,7-8,10H2,1-3H3/t13-,16+/m0/s1. The van der Waals surface area contributed by atoms with Crippen molar-refractivity contribution in [3.63, 3.8) is 0 Å². The Labute approximate surface area is 152 Å². The molecular formula is C17H24N8O. The molecule has 1 saturated heterocycles. The van der Waals surface area contributed by atoms with E-state index in [0.717, 1.165) is 42.8 Å². The smallest absolute Gasteiger partial charge is 0.165 e. The average Bonchev–Trinajstić information content (AvgIpc) is 3.28. The number of fused-ring (bicyclic) bond motifs is 1. The lowest BCUT2D eigenvalue weighted by Crippen LogP contribution is -2.48. The first-order valence-corrected chi connectivity index (χ1v) is 8.91. The molecule has 0 aromatic carbocycles. The maximum absolute atomic E-state index is 6.11. The second-order valence-electron chi connectivity index (χ2n) is 6.51. The van der Waals surface area contributed by atoms with Crippen LogP contribution in [0.15, 0.2) is 24.8 Å². The van der Waals surface area contributed by atoms with Gasteiger partial charge in [-0.25, -0.2) is 9.97 Å². The fourth-order valence-corrected chi connectivity index (χ4v) is 3.57. The lowest BCUT2D eigenvalue weighted by molar-refractivity contribution is -0.0675. The zero-order chi connectivity index (χ0) is 18.1.